The maximum absolute atomic E-state index is 12.7. The number of carboxylic acid groups (broad SMARTS) is 1. The molecule has 0 spiro atoms. The first kappa shape index (κ1) is 19.0. The van der Waals surface area contributed by atoms with Crippen molar-refractivity contribution in [1.29, 1.82) is 0 Å². The van der Waals surface area contributed by atoms with Gasteiger partial charge >= 0.3 is 5.97 Å². The van der Waals surface area contributed by atoms with Crippen LogP contribution in [-0.4, -0.2) is 26.6 Å². The Hall–Kier alpha value is -2.78. The number of halogens is 1. The van der Waals surface area contributed by atoms with Crippen LogP contribution in [0.25, 0.3) is 11.3 Å². The van der Waals surface area contributed by atoms with Crippen LogP contribution in [-0.2, 0) is 10.0 Å². The number of aromatic carboxylic acids is 1. The Morgan fingerprint density at radius 2 is 1.81 bits per heavy atom. The minimum Gasteiger partial charge on any atom is -0.497 e. The van der Waals surface area contributed by atoms with Crippen molar-refractivity contribution >= 4 is 37.6 Å². The number of hydrogen-bond donors (Lipinski definition) is 2. The van der Waals surface area contributed by atoms with Crippen LogP contribution in [0.3, 0.4) is 0 Å². The van der Waals surface area contributed by atoms with Crippen molar-refractivity contribution in [2.24, 2.45) is 0 Å². The Balaban J connectivity index is 2.05. The zero-order chi connectivity index (χ0) is 19.6. The van der Waals surface area contributed by atoms with Gasteiger partial charge in [0.15, 0.2) is 0 Å². The number of sulfonamides is 1. The van der Waals surface area contributed by atoms with Crippen molar-refractivity contribution < 1.29 is 27.5 Å². The van der Waals surface area contributed by atoms with E-state index in [1.807, 2.05) is 0 Å². The van der Waals surface area contributed by atoms with Gasteiger partial charge in [-0.15, -0.1) is 0 Å². The van der Waals surface area contributed by atoms with Crippen LogP contribution in [0.2, 0.25) is 0 Å². The fourth-order valence-electron chi connectivity index (χ4n) is 2.36. The maximum atomic E-state index is 12.7. The second-order valence-electron chi connectivity index (χ2n) is 5.44. The van der Waals surface area contributed by atoms with Crippen molar-refractivity contribution in [3.63, 3.8) is 0 Å². The van der Waals surface area contributed by atoms with Gasteiger partial charge in [-0.3, -0.25) is 4.72 Å². The average molecular weight is 452 g/mol. The van der Waals surface area contributed by atoms with E-state index in [0.717, 1.165) is 4.47 Å². The number of carbonyl (C=O) groups is 1. The van der Waals surface area contributed by atoms with Gasteiger partial charge in [0.25, 0.3) is 10.0 Å². The van der Waals surface area contributed by atoms with Gasteiger partial charge in [0, 0.05) is 16.1 Å². The molecule has 0 bridgehead atoms. The molecule has 0 unspecified atom stereocenters. The SMILES string of the molecule is COc1ccc(-c2ccc(C(=O)O)o2)c(NS(=O)(=O)c2ccc(Br)cc2)c1. The van der Waals surface area contributed by atoms with Gasteiger partial charge in [0.1, 0.15) is 11.5 Å². The number of carboxylic acids is 1. The molecular weight excluding hydrogens is 438 g/mol. The second kappa shape index (κ2) is 7.45. The molecule has 2 aromatic carbocycles. The van der Waals surface area contributed by atoms with E-state index >= 15 is 0 Å². The Kier molecular flexibility index (Phi) is 5.24. The first-order chi connectivity index (χ1) is 12.8. The highest BCUT2D eigenvalue weighted by Gasteiger charge is 2.19. The van der Waals surface area contributed by atoms with Gasteiger partial charge in [-0.1, -0.05) is 15.9 Å². The highest BCUT2D eigenvalue weighted by molar-refractivity contribution is 9.10. The lowest BCUT2D eigenvalue weighted by Crippen LogP contribution is -2.13. The number of nitrogens with one attached hydrogen (secondary N) is 1. The summed E-state index contributed by atoms with van der Waals surface area (Å²) >= 11 is 3.26. The summed E-state index contributed by atoms with van der Waals surface area (Å²) in [6.45, 7) is 0. The molecule has 1 aromatic heterocycles. The monoisotopic (exact) mass is 451 g/mol. The summed E-state index contributed by atoms with van der Waals surface area (Å²) in [6, 6.07) is 13.6. The number of methoxy groups -OCH3 is 1. The van der Waals surface area contributed by atoms with Crippen LogP contribution in [0.15, 0.2) is 68.4 Å². The predicted octanol–water partition coefficient (Wildman–Crippen LogP) is 4.22. The van der Waals surface area contributed by atoms with E-state index in [0.29, 0.717) is 11.3 Å². The third kappa shape index (κ3) is 4.15. The third-order valence-electron chi connectivity index (χ3n) is 3.68. The van der Waals surface area contributed by atoms with Crippen LogP contribution in [0.5, 0.6) is 5.75 Å². The molecule has 27 heavy (non-hydrogen) atoms. The van der Waals surface area contributed by atoms with Gasteiger partial charge in [-0.2, -0.15) is 0 Å². The topological polar surface area (TPSA) is 106 Å². The van der Waals surface area contributed by atoms with Crippen molar-refractivity contribution in [2.75, 3.05) is 11.8 Å². The molecule has 3 aromatic rings. The van der Waals surface area contributed by atoms with Gasteiger partial charge in [0.05, 0.1) is 17.7 Å². The number of hydrogen-bond acceptors (Lipinski definition) is 5. The molecule has 2 N–H and O–H groups in total. The number of rotatable bonds is 6. The number of benzene rings is 2. The fourth-order valence-corrected chi connectivity index (χ4v) is 3.70. The molecule has 7 nitrogen and oxygen atoms in total. The molecule has 1 heterocycles. The standard InChI is InChI=1S/C18H14BrNO6S/c1-25-12-4-7-14(16-8-9-17(26-16)18(21)22)15(10-12)20-27(23,24)13-5-2-11(19)3-6-13/h2-10,20H,1H3,(H,21,22). The van der Waals surface area contributed by atoms with Crippen LogP contribution in [0.1, 0.15) is 10.6 Å². The molecule has 9 heteroatoms. The fraction of sp³-hybridized carbons (Fsp3) is 0.0556. The minimum absolute atomic E-state index is 0.0742. The molecule has 0 saturated heterocycles. The molecule has 0 aliphatic heterocycles. The minimum atomic E-state index is -3.88. The lowest BCUT2D eigenvalue weighted by atomic mass is 10.1. The molecule has 0 atom stereocenters. The van der Waals surface area contributed by atoms with E-state index in [2.05, 4.69) is 20.7 Å². The van der Waals surface area contributed by atoms with Crippen LogP contribution in [0, 0.1) is 0 Å². The Morgan fingerprint density at radius 3 is 2.41 bits per heavy atom. The molecule has 0 radical (unpaired) electrons. The Morgan fingerprint density at radius 1 is 1.11 bits per heavy atom. The summed E-state index contributed by atoms with van der Waals surface area (Å²) in [7, 11) is -2.42. The predicted molar refractivity (Wildman–Crippen MR) is 103 cm³/mol. The highest BCUT2D eigenvalue weighted by Crippen LogP contribution is 2.34. The molecular formula is C18H14BrNO6S. The van der Waals surface area contributed by atoms with E-state index in [-0.39, 0.29) is 22.1 Å². The molecule has 0 aliphatic carbocycles. The van der Waals surface area contributed by atoms with Crippen molar-refractivity contribution in [2.45, 2.75) is 4.90 Å². The van der Waals surface area contributed by atoms with E-state index in [4.69, 9.17) is 14.3 Å². The summed E-state index contributed by atoms with van der Waals surface area (Å²) in [6.07, 6.45) is 0. The lowest BCUT2D eigenvalue weighted by molar-refractivity contribution is 0.0663. The maximum Gasteiger partial charge on any atom is 0.371 e. The van der Waals surface area contributed by atoms with Crippen molar-refractivity contribution in [1.82, 2.24) is 0 Å². The number of furan rings is 1. The van der Waals surface area contributed by atoms with Crippen molar-refractivity contribution in [3.05, 3.63) is 64.8 Å². The van der Waals surface area contributed by atoms with Crippen LogP contribution < -0.4 is 9.46 Å². The molecule has 140 valence electrons. The first-order valence-corrected chi connectivity index (χ1v) is 9.88. The summed E-state index contributed by atoms with van der Waals surface area (Å²) < 4.78 is 39.1. The largest absolute Gasteiger partial charge is 0.497 e. The second-order valence-corrected chi connectivity index (χ2v) is 8.04. The van der Waals surface area contributed by atoms with Crippen molar-refractivity contribution in [3.8, 4) is 17.1 Å². The molecule has 0 aliphatic rings. The molecule has 0 amide bonds. The lowest BCUT2D eigenvalue weighted by Gasteiger charge is -2.13. The Labute approximate surface area is 163 Å². The van der Waals surface area contributed by atoms with Crippen LogP contribution in [0.4, 0.5) is 5.69 Å². The highest BCUT2D eigenvalue weighted by atomic mass is 79.9. The van der Waals surface area contributed by atoms with E-state index in [9.17, 15) is 13.2 Å². The van der Waals surface area contributed by atoms with E-state index in [1.54, 1.807) is 24.3 Å². The van der Waals surface area contributed by atoms with Gasteiger partial charge < -0.3 is 14.3 Å². The zero-order valence-corrected chi connectivity index (χ0v) is 16.4. The first-order valence-electron chi connectivity index (χ1n) is 7.60. The van der Waals surface area contributed by atoms with Gasteiger partial charge in [-0.05, 0) is 48.5 Å². The summed E-state index contributed by atoms with van der Waals surface area (Å²) in [5, 5.41) is 9.02. The number of ether oxygens (including phenoxy) is 1. The number of anilines is 1. The van der Waals surface area contributed by atoms with E-state index < -0.39 is 16.0 Å². The molecule has 0 saturated carbocycles. The quantitative estimate of drug-likeness (QED) is 0.580. The van der Waals surface area contributed by atoms with E-state index in [1.165, 1.54) is 37.4 Å². The third-order valence-corrected chi connectivity index (χ3v) is 5.59. The Bertz CT molecular complexity index is 1090. The summed E-state index contributed by atoms with van der Waals surface area (Å²) in [5.74, 6) is -0.824. The molecule has 3 rings (SSSR count). The van der Waals surface area contributed by atoms with Crippen LogP contribution >= 0.6 is 15.9 Å². The van der Waals surface area contributed by atoms with Gasteiger partial charge in [-0.25, -0.2) is 13.2 Å². The molecule has 0 fully saturated rings. The summed E-state index contributed by atoms with van der Waals surface area (Å²) in [4.78, 5) is 11.1. The average Bonchev–Trinajstić information content (AvgIpc) is 3.12. The normalized spacial score (nSPS) is 11.2. The summed E-state index contributed by atoms with van der Waals surface area (Å²) in [5.41, 5.74) is 0.576. The smallest absolute Gasteiger partial charge is 0.371 e. The zero-order valence-electron chi connectivity index (χ0n) is 14.0. The van der Waals surface area contributed by atoms with Gasteiger partial charge in [0.2, 0.25) is 5.76 Å².